The highest BCUT2D eigenvalue weighted by Crippen LogP contribution is 2.22. The van der Waals surface area contributed by atoms with Crippen LogP contribution in [0.5, 0.6) is 0 Å². The first-order chi connectivity index (χ1) is 12.3. The minimum Gasteiger partial charge on any atom is -0.306 e. The molecular weight excluding hydrogens is 332 g/mol. The molecule has 0 bridgehead atoms. The van der Waals surface area contributed by atoms with Gasteiger partial charge in [0.05, 0.1) is 15.9 Å². The van der Waals surface area contributed by atoms with Gasteiger partial charge >= 0.3 is 0 Å². The van der Waals surface area contributed by atoms with E-state index in [9.17, 15) is 4.79 Å². The highest BCUT2D eigenvalue weighted by atomic mass is 32.1. The van der Waals surface area contributed by atoms with E-state index in [1.807, 2.05) is 60.8 Å². The molecule has 4 rings (SSSR count). The van der Waals surface area contributed by atoms with Gasteiger partial charge < -0.3 is 5.32 Å². The fourth-order valence-electron chi connectivity index (χ4n) is 2.39. The van der Waals surface area contributed by atoms with Crippen molar-refractivity contribution < 1.29 is 4.79 Å². The van der Waals surface area contributed by atoms with Crippen LogP contribution in [0, 0.1) is 0 Å². The fraction of sp³-hybridized carbons (Fsp3) is 0. The molecule has 2 aromatic carbocycles. The zero-order valence-electron chi connectivity index (χ0n) is 13.2. The standard InChI is InChI=1S/C19H14N4OS/c24-18(10-11-19-20-15-8-4-5-9-16(15)25-19)21-17-12-13-23(22-17)14-6-2-1-3-7-14/h1-13H,(H,21,22,24)/b11-10+. The van der Waals surface area contributed by atoms with Gasteiger partial charge in [-0.1, -0.05) is 30.3 Å². The molecule has 5 nitrogen and oxygen atoms in total. The monoisotopic (exact) mass is 346 g/mol. The molecule has 1 N–H and O–H groups in total. The zero-order valence-corrected chi connectivity index (χ0v) is 14.0. The minimum atomic E-state index is -0.238. The quantitative estimate of drug-likeness (QED) is 0.565. The molecule has 6 heteroatoms. The Balaban J connectivity index is 1.44. The summed E-state index contributed by atoms with van der Waals surface area (Å²) in [7, 11) is 0. The molecule has 0 aliphatic heterocycles. The molecule has 122 valence electrons. The molecule has 0 spiro atoms. The van der Waals surface area contributed by atoms with Crippen molar-refractivity contribution in [3.05, 3.63) is 77.9 Å². The lowest BCUT2D eigenvalue weighted by molar-refractivity contribution is -0.111. The number of para-hydroxylation sites is 2. The highest BCUT2D eigenvalue weighted by molar-refractivity contribution is 7.19. The Bertz CT molecular complexity index is 1020. The summed E-state index contributed by atoms with van der Waals surface area (Å²) in [5, 5.41) is 7.90. The Kier molecular flexibility index (Phi) is 4.10. The zero-order chi connectivity index (χ0) is 17.1. The number of anilines is 1. The van der Waals surface area contributed by atoms with Gasteiger partial charge in [-0.2, -0.15) is 5.10 Å². The van der Waals surface area contributed by atoms with E-state index in [1.165, 1.54) is 6.08 Å². The molecule has 1 amide bonds. The molecule has 2 heterocycles. The number of benzene rings is 2. The summed E-state index contributed by atoms with van der Waals surface area (Å²) >= 11 is 1.55. The van der Waals surface area contributed by atoms with Gasteiger partial charge in [0.1, 0.15) is 5.01 Å². The van der Waals surface area contributed by atoms with Crippen LogP contribution in [0.15, 0.2) is 72.9 Å². The first-order valence-electron chi connectivity index (χ1n) is 7.74. The van der Waals surface area contributed by atoms with Crippen LogP contribution in [0.4, 0.5) is 5.82 Å². The number of aromatic nitrogens is 3. The number of carbonyl (C=O) groups is 1. The number of hydrogen-bond donors (Lipinski definition) is 1. The van der Waals surface area contributed by atoms with Crippen molar-refractivity contribution in [1.29, 1.82) is 0 Å². The third-order valence-electron chi connectivity index (χ3n) is 3.55. The number of rotatable bonds is 4. The van der Waals surface area contributed by atoms with Crippen molar-refractivity contribution in [2.75, 3.05) is 5.32 Å². The van der Waals surface area contributed by atoms with Crippen molar-refractivity contribution >= 4 is 39.4 Å². The van der Waals surface area contributed by atoms with E-state index in [4.69, 9.17) is 0 Å². The number of amides is 1. The van der Waals surface area contributed by atoms with E-state index in [1.54, 1.807) is 28.2 Å². The summed E-state index contributed by atoms with van der Waals surface area (Å²) in [6.45, 7) is 0. The van der Waals surface area contributed by atoms with Crippen LogP contribution in [0.25, 0.3) is 22.0 Å². The molecule has 0 saturated heterocycles. The Morgan fingerprint density at radius 2 is 1.84 bits per heavy atom. The van der Waals surface area contributed by atoms with E-state index < -0.39 is 0 Å². The van der Waals surface area contributed by atoms with Crippen LogP contribution < -0.4 is 5.32 Å². The molecule has 0 radical (unpaired) electrons. The number of hydrogen-bond acceptors (Lipinski definition) is 4. The van der Waals surface area contributed by atoms with Crippen molar-refractivity contribution in [3.63, 3.8) is 0 Å². The minimum absolute atomic E-state index is 0.238. The van der Waals surface area contributed by atoms with E-state index in [-0.39, 0.29) is 5.91 Å². The molecule has 2 aromatic heterocycles. The van der Waals surface area contributed by atoms with Gasteiger partial charge in [-0.25, -0.2) is 9.67 Å². The molecule has 0 saturated carbocycles. The van der Waals surface area contributed by atoms with Crippen LogP contribution >= 0.6 is 11.3 Å². The van der Waals surface area contributed by atoms with Crippen molar-refractivity contribution in [3.8, 4) is 5.69 Å². The van der Waals surface area contributed by atoms with E-state index in [0.717, 1.165) is 20.9 Å². The van der Waals surface area contributed by atoms with Crippen LogP contribution in [0.2, 0.25) is 0 Å². The van der Waals surface area contributed by atoms with Gasteiger partial charge in [0.2, 0.25) is 5.91 Å². The number of nitrogens with zero attached hydrogens (tertiary/aromatic N) is 3. The molecule has 25 heavy (non-hydrogen) atoms. The van der Waals surface area contributed by atoms with E-state index >= 15 is 0 Å². The summed E-state index contributed by atoms with van der Waals surface area (Å²) in [6, 6.07) is 19.4. The molecule has 0 fully saturated rings. The number of nitrogens with one attached hydrogen (secondary N) is 1. The summed E-state index contributed by atoms with van der Waals surface area (Å²) in [5.74, 6) is 0.264. The van der Waals surface area contributed by atoms with Crippen molar-refractivity contribution in [2.24, 2.45) is 0 Å². The number of fused-ring (bicyclic) bond motifs is 1. The summed E-state index contributed by atoms with van der Waals surface area (Å²) in [4.78, 5) is 16.5. The Morgan fingerprint density at radius 1 is 1.04 bits per heavy atom. The van der Waals surface area contributed by atoms with Gasteiger partial charge in [0.15, 0.2) is 5.82 Å². The number of carbonyl (C=O) groups excluding carboxylic acids is 1. The second-order valence-electron chi connectivity index (χ2n) is 5.32. The van der Waals surface area contributed by atoms with Crippen LogP contribution in [-0.4, -0.2) is 20.7 Å². The predicted octanol–water partition coefficient (Wildman–Crippen LogP) is 4.13. The Labute approximate surface area is 148 Å². The van der Waals surface area contributed by atoms with Gasteiger partial charge in [-0.05, 0) is 30.3 Å². The summed E-state index contributed by atoms with van der Waals surface area (Å²) in [6.07, 6.45) is 5.00. The van der Waals surface area contributed by atoms with Crippen molar-refractivity contribution in [1.82, 2.24) is 14.8 Å². The SMILES string of the molecule is O=C(/C=C/c1nc2ccccc2s1)Nc1ccn(-c2ccccc2)n1. The Morgan fingerprint density at radius 3 is 2.68 bits per heavy atom. The first kappa shape index (κ1) is 15.3. The lowest BCUT2D eigenvalue weighted by Crippen LogP contribution is -2.08. The molecule has 0 unspecified atom stereocenters. The molecule has 0 aliphatic rings. The molecule has 0 atom stereocenters. The smallest absolute Gasteiger partial charge is 0.249 e. The van der Waals surface area contributed by atoms with Gasteiger partial charge in [0, 0.05) is 18.3 Å². The lowest BCUT2D eigenvalue weighted by Gasteiger charge is -2.00. The maximum atomic E-state index is 12.1. The maximum absolute atomic E-state index is 12.1. The van der Waals surface area contributed by atoms with Gasteiger partial charge in [0.25, 0.3) is 0 Å². The van der Waals surface area contributed by atoms with E-state index in [0.29, 0.717) is 5.82 Å². The third-order valence-corrected chi connectivity index (χ3v) is 4.55. The second kappa shape index (κ2) is 6.70. The summed E-state index contributed by atoms with van der Waals surface area (Å²) in [5.41, 5.74) is 1.88. The Hall–Kier alpha value is -3.25. The normalized spacial score (nSPS) is 11.2. The predicted molar refractivity (Wildman–Crippen MR) is 101 cm³/mol. The fourth-order valence-corrected chi connectivity index (χ4v) is 3.26. The van der Waals surface area contributed by atoms with E-state index in [2.05, 4.69) is 15.4 Å². The largest absolute Gasteiger partial charge is 0.306 e. The third kappa shape index (κ3) is 3.49. The number of thiazole rings is 1. The van der Waals surface area contributed by atoms with Crippen molar-refractivity contribution in [2.45, 2.75) is 0 Å². The summed E-state index contributed by atoms with van der Waals surface area (Å²) < 4.78 is 2.82. The van der Waals surface area contributed by atoms with Crippen LogP contribution in [0.3, 0.4) is 0 Å². The maximum Gasteiger partial charge on any atom is 0.249 e. The average Bonchev–Trinajstić information content (AvgIpc) is 3.27. The second-order valence-corrected chi connectivity index (χ2v) is 6.39. The lowest BCUT2D eigenvalue weighted by atomic mass is 10.3. The first-order valence-corrected chi connectivity index (χ1v) is 8.55. The topological polar surface area (TPSA) is 59.8 Å². The average molecular weight is 346 g/mol. The molecule has 0 aliphatic carbocycles. The highest BCUT2D eigenvalue weighted by Gasteiger charge is 2.04. The van der Waals surface area contributed by atoms with Crippen LogP contribution in [0.1, 0.15) is 5.01 Å². The van der Waals surface area contributed by atoms with Gasteiger partial charge in [-0.15, -0.1) is 11.3 Å². The van der Waals surface area contributed by atoms with Gasteiger partial charge in [-0.3, -0.25) is 4.79 Å². The molecule has 4 aromatic rings. The van der Waals surface area contributed by atoms with Crippen LogP contribution in [-0.2, 0) is 4.79 Å². The molecular formula is C19H14N4OS.